The summed E-state index contributed by atoms with van der Waals surface area (Å²) in [6.45, 7) is 2.97. The average Bonchev–Trinajstić information content (AvgIpc) is 2.80. The number of hydrogen-bond donors (Lipinski definition) is 0. The molecule has 0 atom stereocenters. The Balaban J connectivity index is 1.79. The minimum atomic E-state index is 0.945. The molecule has 1 aliphatic heterocycles. The minimum Gasteiger partial charge on any atom is -0.340 e. The van der Waals surface area contributed by atoms with Gasteiger partial charge in [0.05, 0.1) is 0 Å². The number of aromatic nitrogens is 2. The first-order valence-corrected chi connectivity index (χ1v) is 8.21. The van der Waals surface area contributed by atoms with Gasteiger partial charge in [0.25, 0.3) is 0 Å². The van der Waals surface area contributed by atoms with Gasteiger partial charge in [-0.15, -0.1) is 0 Å². The second-order valence-corrected chi connectivity index (χ2v) is 6.20. The van der Waals surface area contributed by atoms with Gasteiger partial charge >= 0.3 is 0 Å². The van der Waals surface area contributed by atoms with Crippen LogP contribution in [-0.2, 0) is 6.54 Å². The van der Waals surface area contributed by atoms with Crippen molar-refractivity contribution in [2.45, 2.75) is 6.54 Å². The minimum absolute atomic E-state index is 0.945. The van der Waals surface area contributed by atoms with Crippen LogP contribution in [-0.4, -0.2) is 35.0 Å². The van der Waals surface area contributed by atoms with Crippen molar-refractivity contribution in [3.8, 4) is 11.1 Å². The van der Waals surface area contributed by atoms with Gasteiger partial charge in [-0.3, -0.25) is 0 Å². The highest BCUT2D eigenvalue weighted by Crippen LogP contribution is 2.34. The van der Waals surface area contributed by atoms with Gasteiger partial charge in [0.1, 0.15) is 6.33 Å². The van der Waals surface area contributed by atoms with E-state index >= 15 is 0 Å². The van der Waals surface area contributed by atoms with Crippen LogP contribution < -0.4 is 4.90 Å². The molecule has 4 rings (SSSR count). The molecule has 0 amide bonds. The third-order valence-electron chi connectivity index (χ3n) is 4.48. The lowest BCUT2D eigenvalue weighted by Crippen LogP contribution is -2.26. The van der Waals surface area contributed by atoms with Gasteiger partial charge in [-0.25, -0.2) is 9.97 Å². The van der Waals surface area contributed by atoms with E-state index in [2.05, 4.69) is 75.3 Å². The van der Waals surface area contributed by atoms with E-state index in [9.17, 15) is 0 Å². The Bertz CT molecular complexity index is 818. The lowest BCUT2D eigenvalue weighted by molar-refractivity contribution is 0.343. The standard InChI is InChI=1S/C20H20N4/c1-23-9-10-24(19-5-3-2-4-6-19)20-8-7-16(11-17(20)14-23)18-12-21-15-22-13-18/h2-8,11-13,15H,9-10,14H2,1H3. The van der Waals surface area contributed by atoms with E-state index in [-0.39, 0.29) is 0 Å². The lowest BCUT2D eigenvalue weighted by Gasteiger charge is -2.25. The van der Waals surface area contributed by atoms with Gasteiger partial charge in [0.2, 0.25) is 0 Å². The van der Waals surface area contributed by atoms with Crippen molar-refractivity contribution in [2.24, 2.45) is 0 Å². The molecule has 0 saturated heterocycles. The molecule has 0 fully saturated rings. The smallest absolute Gasteiger partial charge is 0.115 e. The predicted octanol–water partition coefficient (Wildman–Crippen LogP) is 3.73. The number of nitrogens with zero attached hydrogens (tertiary/aromatic N) is 4. The molecule has 1 aliphatic rings. The second-order valence-electron chi connectivity index (χ2n) is 6.20. The lowest BCUT2D eigenvalue weighted by atomic mass is 10.0. The zero-order valence-electron chi connectivity index (χ0n) is 13.8. The van der Waals surface area contributed by atoms with Crippen LogP contribution in [0.25, 0.3) is 11.1 Å². The Morgan fingerprint density at radius 1 is 0.875 bits per heavy atom. The zero-order chi connectivity index (χ0) is 16.4. The molecular formula is C20H20N4. The van der Waals surface area contributed by atoms with Crippen molar-refractivity contribution in [2.75, 3.05) is 25.0 Å². The van der Waals surface area contributed by atoms with Crippen LogP contribution in [0.2, 0.25) is 0 Å². The summed E-state index contributed by atoms with van der Waals surface area (Å²) in [6.07, 6.45) is 5.30. The van der Waals surface area contributed by atoms with Crippen LogP contribution in [0, 0.1) is 0 Å². The number of anilines is 2. The van der Waals surface area contributed by atoms with E-state index in [1.165, 1.54) is 16.9 Å². The quantitative estimate of drug-likeness (QED) is 0.721. The highest BCUT2D eigenvalue weighted by atomic mass is 15.2. The van der Waals surface area contributed by atoms with Crippen molar-refractivity contribution in [3.05, 3.63) is 72.8 Å². The van der Waals surface area contributed by atoms with Crippen molar-refractivity contribution in [3.63, 3.8) is 0 Å². The summed E-state index contributed by atoms with van der Waals surface area (Å²) in [4.78, 5) is 13.0. The molecular weight excluding hydrogens is 296 g/mol. The summed E-state index contributed by atoms with van der Waals surface area (Å²) in [5, 5.41) is 0. The number of hydrogen-bond acceptors (Lipinski definition) is 4. The molecule has 0 N–H and O–H groups in total. The molecule has 3 aromatic rings. The highest BCUT2D eigenvalue weighted by molar-refractivity contribution is 5.72. The Hall–Kier alpha value is -2.72. The van der Waals surface area contributed by atoms with Crippen molar-refractivity contribution < 1.29 is 0 Å². The maximum Gasteiger partial charge on any atom is 0.115 e. The molecule has 0 bridgehead atoms. The number of rotatable bonds is 2. The molecule has 2 heterocycles. The van der Waals surface area contributed by atoms with E-state index in [0.717, 1.165) is 30.8 Å². The Morgan fingerprint density at radius 2 is 1.67 bits per heavy atom. The fourth-order valence-corrected chi connectivity index (χ4v) is 3.24. The Morgan fingerprint density at radius 3 is 2.46 bits per heavy atom. The normalized spacial score (nSPS) is 15.0. The second kappa shape index (κ2) is 6.42. The average molecular weight is 316 g/mol. The first-order valence-electron chi connectivity index (χ1n) is 8.21. The van der Waals surface area contributed by atoms with Crippen molar-refractivity contribution >= 4 is 11.4 Å². The van der Waals surface area contributed by atoms with E-state index < -0.39 is 0 Å². The molecule has 2 aromatic carbocycles. The van der Waals surface area contributed by atoms with Crippen molar-refractivity contribution in [1.82, 2.24) is 14.9 Å². The topological polar surface area (TPSA) is 32.3 Å². The molecule has 4 heteroatoms. The van der Waals surface area contributed by atoms with Gasteiger partial charge in [0, 0.05) is 49.0 Å². The van der Waals surface area contributed by atoms with Gasteiger partial charge in [-0.05, 0) is 42.4 Å². The molecule has 0 spiro atoms. The summed E-state index contributed by atoms with van der Waals surface area (Å²) < 4.78 is 0. The number of likely N-dealkylation sites (N-methyl/N-ethyl adjacent to an activating group) is 1. The summed E-state index contributed by atoms with van der Waals surface area (Å²) in [5.74, 6) is 0. The summed E-state index contributed by atoms with van der Waals surface area (Å²) in [6, 6.07) is 17.3. The van der Waals surface area contributed by atoms with Crippen molar-refractivity contribution in [1.29, 1.82) is 0 Å². The van der Waals surface area contributed by atoms with E-state index in [4.69, 9.17) is 0 Å². The predicted molar refractivity (Wildman–Crippen MR) is 97.3 cm³/mol. The molecule has 0 aliphatic carbocycles. The maximum atomic E-state index is 4.14. The monoisotopic (exact) mass is 316 g/mol. The summed E-state index contributed by atoms with van der Waals surface area (Å²) in [5.41, 5.74) is 6.08. The third kappa shape index (κ3) is 2.88. The fourth-order valence-electron chi connectivity index (χ4n) is 3.24. The van der Waals surface area contributed by atoms with Crippen LogP contribution >= 0.6 is 0 Å². The maximum absolute atomic E-state index is 4.14. The zero-order valence-corrected chi connectivity index (χ0v) is 13.8. The van der Waals surface area contributed by atoms with Crippen LogP contribution in [0.15, 0.2) is 67.3 Å². The molecule has 0 radical (unpaired) electrons. The Kier molecular flexibility index (Phi) is 3.97. The van der Waals surface area contributed by atoms with Crippen LogP contribution in [0.1, 0.15) is 5.56 Å². The third-order valence-corrected chi connectivity index (χ3v) is 4.48. The SMILES string of the molecule is CN1CCN(c2ccccc2)c2ccc(-c3cncnc3)cc2C1. The molecule has 120 valence electrons. The van der Waals surface area contributed by atoms with E-state index in [0.29, 0.717) is 0 Å². The first kappa shape index (κ1) is 14.8. The van der Waals surface area contributed by atoms with E-state index in [1.54, 1.807) is 6.33 Å². The molecule has 0 saturated carbocycles. The summed E-state index contributed by atoms with van der Waals surface area (Å²) in [7, 11) is 2.18. The van der Waals surface area contributed by atoms with Gasteiger partial charge in [-0.1, -0.05) is 24.3 Å². The largest absolute Gasteiger partial charge is 0.340 e. The van der Waals surface area contributed by atoms with Crippen LogP contribution in [0.4, 0.5) is 11.4 Å². The number of fused-ring (bicyclic) bond motifs is 1. The van der Waals surface area contributed by atoms with Crippen LogP contribution in [0.3, 0.4) is 0 Å². The van der Waals surface area contributed by atoms with Crippen LogP contribution in [0.5, 0.6) is 0 Å². The van der Waals surface area contributed by atoms with Gasteiger partial charge in [-0.2, -0.15) is 0 Å². The number of para-hydroxylation sites is 1. The molecule has 24 heavy (non-hydrogen) atoms. The highest BCUT2D eigenvalue weighted by Gasteiger charge is 2.19. The molecule has 0 unspecified atom stereocenters. The van der Waals surface area contributed by atoms with Gasteiger partial charge in [0.15, 0.2) is 0 Å². The van der Waals surface area contributed by atoms with Gasteiger partial charge < -0.3 is 9.80 Å². The Labute approximate surface area is 142 Å². The van der Waals surface area contributed by atoms with E-state index in [1.807, 2.05) is 12.4 Å². The molecule has 1 aromatic heterocycles. The first-order chi connectivity index (χ1) is 11.8. The number of benzene rings is 2. The fraction of sp³-hybridized carbons (Fsp3) is 0.200. The summed E-state index contributed by atoms with van der Waals surface area (Å²) >= 11 is 0. The molecule has 4 nitrogen and oxygen atoms in total.